The summed E-state index contributed by atoms with van der Waals surface area (Å²) in [7, 11) is 0. The maximum absolute atomic E-state index is 12.2. The van der Waals surface area contributed by atoms with Crippen LogP contribution in [0.15, 0.2) is 36.5 Å². The van der Waals surface area contributed by atoms with Crippen molar-refractivity contribution in [2.75, 3.05) is 11.1 Å². The van der Waals surface area contributed by atoms with Gasteiger partial charge in [0.05, 0.1) is 5.56 Å². The molecule has 0 aliphatic heterocycles. The third-order valence-corrected chi connectivity index (χ3v) is 2.84. The first-order chi connectivity index (χ1) is 9.11. The van der Waals surface area contributed by atoms with Crippen molar-refractivity contribution in [3.05, 3.63) is 53.2 Å². The minimum Gasteiger partial charge on any atom is -0.383 e. The molecule has 98 valence electrons. The molecular weight excluding hydrogens is 240 g/mol. The topological polar surface area (TPSA) is 94.0 Å². The Kier molecular flexibility index (Phi) is 3.77. The molecule has 0 fully saturated rings. The molecule has 2 rings (SSSR count). The molecule has 1 aromatic heterocycles. The van der Waals surface area contributed by atoms with Gasteiger partial charge in [-0.3, -0.25) is 4.79 Å². The van der Waals surface area contributed by atoms with Crippen molar-refractivity contribution in [1.29, 1.82) is 0 Å². The summed E-state index contributed by atoms with van der Waals surface area (Å²) in [6.45, 7) is 2.25. The molecule has 0 atom stereocenters. The fraction of sp³-hybridized carbons (Fsp3) is 0.143. The third kappa shape index (κ3) is 2.89. The van der Waals surface area contributed by atoms with Crippen molar-refractivity contribution in [3.8, 4) is 0 Å². The van der Waals surface area contributed by atoms with Crippen LogP contribution in [-0.2, 0) is 6.54 Å². The highest BCUT2D eigenvalue weighted by molar-refractivity contribution is 6.08. The molecule has 5 N–H and O–H groups in total. The number of nitrogen functional groups attached to an aromatic ring is 1. The fourth-order valence-corrected chi connectivity index (χ4v) is 1.84. The second-order valence-corrected chi connectivity index (χ2v) is 4.25. The maximum atomic E-state index is 12.2. The lowest BCUT2D eigenvalue weighted by Crippen LogP contribution is -2.16. The van der Waals surface area contributed by atoms with E-state index in [2.05, 4.69) is 10.3 Å². The van der Waals surface area contributed by atoms with Crippen LogP contribution < -0.4 is 16.8 Å². The lowest BCUT2D eigenvalue weighted by atomic mass is 10.1. The average molecular weight is 256 g/mol. The molecule has 0 saturated carbocycles. The third-order valence-electron chi connectivity index (χ3n) is 2.84. The predicted octanol–water partition coefficient (Wildman–Crippen LogP) is 1.68. The second kappa shape index (κ2) is 5.49. The van der Waals surface area contributed by atoms with Gasteiger partial charge in [-0.25, -0.2) is 4.98 Å². The number of aromatic nitrogens is 1. The number of hydrogen-bond acceptors (Lipinski definition) is 4. The summed E-state index contributed by atoms with van der Waals surface area (Å²) in [5, 5.41) is 2.80. The van der Waals surface area contributed by atoms with Crippen LogP contribution in [0.1, 0.15) is 21.5 Å². The second-order valence-electron chi connectivity index (χ2n) is 4.25. The van der Waals surface area contributed by atoms with Crippen LogP contribution in [0.25, 0.3) is 0 Å². The minimum absolute atomic E-state index is 0.229. The van der Waals surface area contributed by atoms with Gasteiger partial charge in [-0.2, -0.15) is 0 Å². The number of aryl methyl sites for hydroxylation is 1. The quantitative estimate of drug-likeness (QED) is 0.778. The Morgan fingerprint density at radius 2 is 2.16 bits per heavy atom. The maximum Gasteiger partial charge on any atom is 0.259 e. The molecule has 1 heterocycles. The summed E-state index contributed by atoms with van der Waals surface area (Å²) in [5.41, 5.74) is 14.1. The SMILES string of the molecule is Cc1ccnc(N)c1C(=O)Nc1cccc(CN)c1. The zero-order valence-electron chi connectivity index (χ0n) is 10.7. The summed E-state index contributed by atoms with van der Waals surface area (Å²) in [5.74, 6) is -0.0373. The summed E-state index contributed by atoms with van der Waals surface area (Å²) >= 11 is 0. The Hall–Kier alpha value is -2.40. The molecule has 1 amide bonds. The highest BCUT2D eigenvalue weighted by Crippen LogP contribution is 2.17. The van der Waals surface area contributed by atoms with E-state index in [0.29, 0.717) is 17.8 Å². The van der Waals surface area contributed by atoms with Crippen LogP contribution in [0, 0.1) is 6.92 Å². The van der Waals surface area contributed by atoms with E-state index < -0.39 is 0 Å². The number of anilines is 2. The number of nitrogens with zero attached hydrogens (tertiary/aromatic N) is 1. The lowest BCUT2D eigenvalue weighted by Gasteiger charge is -2.10. The van der Waals surface area contributed by atoms with E-state index in [1.807, 2.05) is 25.1 Å². The van der Waals surface area contributed by atoms with Gasteiger partial charge in [-0.15, -0.1) is 0 Å². The smallest absolute Gasteiger partial charge is 0.259 e. The molecule has 5 nitrogen and oxygen atoms in total. The van der Waals surface area contributed by atoms with Crippen molar-refractivity contribution < 1.29 is 4.79 Å². The van der Waals surface area contributed by atoms with Gasteiger partial charge in [0.25, 0.3) is 5.91 Å². The van der Waals surface area contributed by atoms with Gasteiger partial charge in [0.2, 0.25) is 0 Å². The first kappa shape index (κ1) is 13.0. The summed E-state index contributed by atoms with van der Waals surface area (Å²) in [4.78, 5) is 16.1. The van der Waals surface area contributed by atoms with Gasteiger partial charge in [-0.1, -0.05) is 12.1 Å². The van der Waals surface area contributed by atoms with E-state index >= 15 is 0 Å². The highest BCUT2D eigenvalue weighted by atomic mass is 16.1. The van der Waals surface area contributed by atoms with Crippen LogP contribution in [0.2, 0.25) is 0 Å². The largest absolute Gasteiger partial charge is 0.383 e. The Morgan fingerprint density at radius 1 is 1.37 bits per heavy atom. The molecule has 19 heavy (non-hydrogen) atoms. The first-order valence-electron chi connectivity index (χ1n) is 5.93. The number of amides is 1. The van der Waals surface area contributed by atoms with Crippen molar-refractivity contribution in [2.24, 2.45) is 5.73 Å². The number of pyridine rings is 1. The molecule has 0 bridgehead atoms. The van der Waals surface area contributed by atoms with Crippen LogP contribution in [0.5, 0.6) is 0 Å². The van der Waals surface area contributed by atoms with E-state index in [-0.39, 0.29) is 11.7 Å². The molecule has 2 aromatic rings. The van der Waals surface area contributed by atoms with E-state index in [0.717, 1.165) is 11.1 Å². The van der Waals surface area contributed by atoms with Crippen LogP contribution >= 0.6 is 0 Å². The van der Waals surface area contributed by atoms with E-state index in [9.17, 15) is 4.79 Å². The Labute approximate surface area is 111 Å². The van der Waals surface area contributed by atoms with Crippen LogP contribution in [0.3, 0.4) is 0 Å². The Morgan fingerprint density at radius 3 is 2.84 bits per heavy atom. The van der Waals surface area contributed by atoms with Crippen LogP contribution in [-0.4, -0.2) is 10.9 Å². The summed E-state index contributed by atoms with van der Waals surface area (Å²) in [6, 6.07) is 9.14. The van der Waals surface area contributed by atoms with E-state index in [1.54, 1.807) is 18.3 Å². The fourth-order valence-electron chi connectivity index (χ4n) is 1.84. The van der Waals surface area contributed by atoms with Gasteiger partial charge in [0, 0.05) is 18.4 Å². The van der Waals surface area contributed by atoms with Crippen LogP contribution in [0.4, 0.5) is 11.5 Å². The number of carbonyl (C=O) groups excluding carboxylic acids is 1. The van der Waals surface area contributed by atoms with Crippen molar-refractivity contribution >= 4 is 17.4 Å². The van der Waals surface area contributed by atoms with Crippen molar-refractivity contribution in [2.45, 2.75) is 13.5 Å². The normalized spacial score (nSPS) is 10.2. The molecule has 0 unspecified atom stereocenters. The number of nitrogens with two attached hydrogens (primary N) is 2. The highest BCUT2D eigenvalue weighted by Gasteiger charge is 2.13. The summed E-state index contributed by atoms with van der Waals surface area (Å²) in [6.07, 6.45) is 1.58. The van der Waals surface area contributed by atoms with Gasteiger partial charge in [0.1, 0.15) is 5.82 Å². The van der Waals surface area contributed by atoms with Crippen molar-refractivity contribution in [1.82, 2.24) is 4.98 Å². The zero-order valence-corrected chi connectivity index (χ0v) is 10.7. The van der Waals surface area contributed by atoms with E-state index in [1.165, 1.54) is 0 Å². The molecule has 0 saturated heterocycles. The van der Waals surface area contributed by atoms with E-state index in [4.69, 9.17) is 11.5 Å². The molecule has 0 aliphatic carbocycles. The Bertz CT molecular complexity index is 590. The molecule has 5 heteroatoms. The molecular formula is C14H16N4O. The van der Waals surface area contributed by atoms with Gasteiger partial charge in [0.15, 0.2) is 0 Å². The predicted molar refractivity (Wildman–Crippen MR) is 75.7 cm³/mol. The average Bonchev–Trinajstić information content (AvgIpc) is 2.38. The standard InChI is InChI=1S/C14H16N4O/c1-9-5-6-17-13(16)12(9)14(19)18-11-4-2-3-10(7-11)8-15/h2-7H,8,15H2,1H3,(H2,16,17)(H,18,19). The van der Waals surface area contributed by atoms with Crippen molar-refractivity contribution in [3.63, 3.8) is 0 Å². The molecule has 0 aliphatic rings. The molecule has 1 aromatic carbocycles. The number of rotatable bonds is 3. The first-order valence-corrected chi connectivity index (χ1v) is 5.93. The monoisotopic (exact) mass is 256 g/mol. The van der Waals surface area contributed by atoms with Gasteiger partial charge in [-0.05, 0) is 36.2 Å². The van der Waals surface area contributed by atoms with Gasteiger partial charge < -0.3 is 16.8 Å². The summed E-state index contributed by atoms with van der Waals surface area (Å²) < 4.78 is 0. The number of carbonyl (C=O) groups is 1. The number of hydrogen-bond donors (Lipinski definition) is 3. The lowest BCUT2D eigenvalue weighted by molar-refractivity contribution is 0.102. The molecule has 0 spiro atoms. The molecule has 0 radical (unpaired) electrons. The number of nitrogens with one attached hydrogen (secondary N) is 1. The zero-order chi connectivity index (χ0) is 13.8. The van der Waals surface area contributed by atoms with Gasteiger partial charge >= 0.3 is 0 Å². The minimum atomic E-state index is -0.266. The Balaban J connectivity index is 2.26. The number of benzene rings is 1.